The molecule has 3 nitrogen and oxygen atoms in total. The Kier molecular flexibility index (Phi) is 6.76. The lowest BCUT2D eigenvalue weighted by atomic mass is 9.99. The molecule has 0 aliphatic rings. The van der Waals surface area contributed by atoms with Crippen molar-refractivity contribution in [3.63, 3.8) is 0 Å². The Morgan fingerprint density at radius 1 is 1.22 bits per heavy atom. The summed E-state index contributed by atoms with van der Waals surface area (Å²) in [5, 5.41) is 3.56. The summed E-state index contributed by atoms with van der Waals surface area (Å²) >= 11 is 0. The summed E-state index contributed by atoms with van der Waals surface area (Å²) in [6.07, 6.45) is 2.28. The van der Waals surface area contributed by atoms with Crippen LogP contribution in [0, 0.1) is 0 Å². The molecule has 102 valence electrons. The quantitative estimate of drug-likeness (QED) is 0.770. The van der Waals surface area contributed by atoms with Crippen molar-refractivity contribution in [2.24, 2.45) is 0 Å². The maximum absolute atomic E-state index is 5.58. The largest absolute Gasteiger partial charge is 0.497 e. The van der Waals surface area contributed by atoms with Gasteiger partial charge in [0.05, 0.1) is 19.3 Å². The average Bonchev–Trinajstić information content (AvgIpc) is 2.43. The molecule has 2 atom stereocenters. The average molecular weight is 251 g/mol. The molecule has 0 fully saturated rings. The van der Waals surface area contributed by atoms with Gasteiger partial charge in [-0.3, -0.25) is 0 Å². The summed E-state index contributed by atoms with van der Waals surface area (Å²) < 4.78 is 10.9. The molecule has 0 aromatic heterocycles. The van der Waals surface area contributed by atoms with E-state index in [-0.39, 0.29) is 12.1 Å². The lowest BCUT2D eigenvalue weighted by Gasteiger charge is -2.27. The first-order valence-electron chi connectivity index (χ1n) is 6.66. The highest BCUT2D eigenvalue weighted by atomic mass is 16.5. The van der Waals surface area contributed by atoms with Crippen LogP contribution in [0.3, 0.4) is 0 Å². The van der Waals surface area contributed by atoms with E-state index in [4.69, 9.17) is 9.47 Å². The van der Waals surface area contributed by atoms with E-state index in [0.29, 0.717) is 0 Å². The molecule has 3 heteroatoms. The maximum atomic E-state index is 5.58. The van der Waals surface area contributed by atoms with Crippen molar-refractivity contribution in [2.75, 3.05) is 20.8 Å². The summed E-state index contributed by atoms with van der Waals surface area (Å²) in [7, 11) is 3.47. The van der Waals surface area contributed by atoms with Gasteiger partial charge in [-0.1, -0.05) is 26.0 Å². The minimum atomic E-state index is 0.184. The summed E-state index contributed by atoms with van der Waals surface area (Å²) in [6, 6.07) is 8.41. The van der Waals surface area contributed by atoms with Crippen molar-refractivity contribution in [2.45, 2.75) is 38.8 Å². The van der Waals surface area contributed by atoms with E-state index in [1.807, 2.05) is 12.1 Å². The lowest BCUT2D eigenvalue weighted by molar-refractivity contribution is 0.0650. The second-order valence-electron chi connectivity index (χ2n) is 4.39. The molecule has 0 saturated heterocycles. The van der Waals surface area contributed by atoms with Gasteiger partial charge in [0.15, 0.2) is 0 Å². The molecule has 1 aromatic carbocycles. The minimum absolute atomic E-state index is 0.184. The molecule has 0 aliphatic carbocycles. The smallest absolute Gasteiger partial charge is 0.119 e. The van der Waals surface area contributed by atoms with Crippen molar-refractivity contribution >= 4 is 0 Å². The third kappa shape index (κ3) is 4.00. The van der Waals surface area contributed by atoms with Gasteiger partial charge in [-0.05, 0) is 37.1 Å². The Labute approximate surface area is 110 Å². The summed E-state index contributed by atoms with van der Waals surface area (Å²) in [6.45, 7) is 5.31. The fourth-order valence-corrected chi connectivity index (χ4v) is 2.14. The van der Waals surface area contributed by atoms with Crippen LogP contribution in [0.1, 0.15) is 38.3 Å². The SMILES string of the molecule is CCCNC(c1cccc(OC)c1)C(CC)OC. The van der Waals surface area contributed by atoms with Crippen LogP contribution in [0.2, 0.25) is 0 Å². The minimum Gasteiger partial charge on any atom is -0.497 e. The number of benzene rings is 1. The van der Waals surface area contributed by atoms with Crippen LogP contribution in [-0.2, 0) is 4.74 Å². The molecule has 1 aromatic rings. The molecular weight excluding hydrogens is 226 g/mol. The molecule has 0 radical (unpaired) electrons. The van der Waals surface area contributed by atoms with Gasteiger partial charge in [0.25, 0.3) is 0 Å². The topological polar surface area (TPSA) is 30.5 Å². The number of methoxy groups -OCH3 is 2. The Morgan fingerprint density at radius 2 is 2.00 bits per heavy atom. The first-order valence-corrected chi connectivity index (χ1v) is 6.66. The highest BCUT2D eigenvalue weighted by Crippen LogP contribution is 2.24. The Morgan fingerprint density at radius 3 is 2.56 bits per heavy atom. The first-order chi connectivity index (χ1) is 8.76. The highest BCUT2D eigenvalue weighted by molar-refractivity contribution is 5.31. The van der Waals surface area contributed by atoms with Gasteiger partial charge in [-0.25, -0.2) is 0 Å². The van der Waals surface area contributed by atoms with E-state index in [9.17, 15) is 0 Å². The van der Waals surface area contributed by atoms with Crippen LogP contribution in [0.5, 0.6) is 5.75 Å². The molecule has 0 saturated carbocycles. The normalized spacial score (nSPS) is 14.2. The highest BCUT2D eigenvalue weighted by Gasteiger charge is 2.21. The summed E-state index contributed by atoms with van der Waals surface area (Å²) in [4.78, 5) is 0. The Bertz CT molecular complexity index is 337. The van der Waals surface area contributed by atoms with Crippen molar-refractivity contribution < 1.29 is 9.47 Å². The number of hydrogen-bond donors (Lipinski definition) is 1. The molecular formula is C15H25NO2. The van der Waals surface area contributed by atoms with Crippen molar-refractivity contribution in [3.8, 4) is 5.75 Å². The predicted molar refractivity (Wildman–Crippen MR) is 75.1 cm³/mol. The zero-order valence-electron chi connectivity index (χ0n) is 11.9. The van der Waals surface area contributed by atoms with Crippen molar-refractivity contribution in [3.05, 3.63) is 29.8 Å². The van der Waals surface area contributed by atoms with Gasteiger partial charge in [-0.15, -0.1) is 0 Å². The van der Waals surface area contributed by atoms with Gasteiger partial charge < -0.3 is 14.8 Å². The number of ether oxygens (including phenoxy) is 2. The number of hydrogen-bond acceptors (Lipinski definition) is 3. The molecule has 0 amide bonds. The van der Waals surface area contributed by atoms with E-state index in [1.165, 1.54) is 5.56 Å². The van der Waals surface area contributed by atoms with E-state index < -0.39 is 0 Å². The standard InChI is InChI=1S/C15H25NO2/c1-5-10-16-15(14(6-2)18-4)12-8-7-9-13(11-12)17-3/h7-9,11,14-16H,5-6,10H2,1-4H3. The molecule has 1 rings (SSSR count). The molecule has 0 heterocycles. The van der Waals surface area contributed by atoms with Crippen LogP contribution in [0.25, 0.3) is 0 Å². The molecule has 0 bridgehead atoms. The zero-order chi connectivity index (χ0) is 13.4. The molecule has 1 N–H and O–H groups in total. The van der Waals surface area contributed by atoms with Crippen LogP contribution >= 0.6 is 0 Å². The van der Waals surface area contributed by atoms with E-state index in [1.54, 1.807) is 14.2 Å². The Hall–Kier alpha value is -1.06. The van der Waals surface area contributed by atoms with Gasteiger partial charge >= 0.3 is 0 Å². The van der Waals surface area contributed by atoms with Gasteiger partial charge in [0.2, 0.25) is 0 Å². The van der Waals surface area contributed by atoms with Gasteiger partial charge in [0.1, 0.15) is 5.75 Å². The fourth-order valence-electron chi connectivity index (χ4n) is 2.14. The molecule has 0 spiro atoms. The fraction of sp³-hybridized carbons (Fsp3) is 0.600. The Balaban J connectivity index is 2.92. The van der Waals surface area contributed by atoms with E-state index in [0.717, 1.165) is 25.1 Å². The monoisotopic (exact) mass is 251 g/mol. The van der Waals surface area contributed by atoms with Gasteiger partial charge in [0, 0.05) is 7.11 Å². The summed E-state index contributed by atoms with van der Waals surface area (Å²) in [5.41, 5.74) is 1.22. The van der Waals surface area contributed by atoms with Crippen LogP contribution in [0.15, 0.2) is 24.3 Å². The van der Waals surface area contributed by atoms with Crippen LogP contribution < -0.4 is 10.1 Å². The molecule has 18 heavy (non-hydrogen) atoms. The number of rotatable bonds is 8. The molecule has 2 unspecified atom stereocenters. The first kappa shape index (κ1) is 15.0. The predicted octanol–water partition coefficient (Wildman–Crippen LogP) is 3.16. The lowest BCUT2D eigenvalue weighted by Crippen LogP contribution is -2.33. The molecule has 0 aliphatic heterocycles. The summed E-state index contributed by atoms with van der Waals surface area (Å²) in [5.74, 6) is 0.891. The van der Waals surface area contributed by atoms with Crippen LogP contribution in [-0.4, -0.2) is 26.9 Å². The van der Waals surface area contributed by atoms with E-state index in [2.05, 4.69) is 31.3 Å². The van der Waals surface area contributed by atoms with Crippen molar-refractivity contribution in [1.29, 1.82) is 0 Å². The maximum Gasteiger partial charge on any atom is 0.119 e. The third-order valence-corrected chi connectivity index (χ3v) is 3.14. The second kappa shape index (κ2) is 8.11. The van der Waals surface area contributed by atoms with Crippen molar-refractivity contribution in [1.82, 2.24) is 5.32 Å². The van der Waals surface area contributed by atoms with Gasteiger partial charge in [-0.2, -0.15) is 0 Å². The zero-order valence-corrected chi connectivity index (χ0v) is 11.9. The number of nitrogens with one attached hydrogen (secondary N) is 1. The second-order valence-corrected chi connectivity index (χ2v) is 4.39. The van der Waals surface area contributed by atoms with Crippen LogP contribution in [0.4, 0.5) is 0 Å². The third-order valence-electron chi connectivity index (χ3n) is 3.14. The van der Waals surface area contributed by atoms with E-state index >= 15 is 0 Å².